The number of sulfonamides is 1. The molecule has 0 spiro atoms. The van der Waals surface area contributed by atoms with Crippen LogP contribution >= 0.6 is 0 Å². The van der Waals surface area contributed by atoms with Crippen molar-refractivity contribution < 1.29 is 18.0 Å². The van der Waals surface area contributed by atoms with Crippen LogP contribution < -0.4 is 11.1 Å². The molecule has 3 N–H and O–H groups in total. The van der Waals surface area contributed by atoms with Gasteiger partial charge in [-0.05, 0) is 31.4 Å². The molecule has 0 radical (unpaired) electrons. The SMILES string of the molecule is CN(CC(=O)N1CCCCC1CNC(=O)CCN)S(=O)(=O)c1ccccc1. The Hall–Kier alpha value is -1.97. The minimum Gasteiger partial charge on any atom is -0.354 e. The van der Waals surface area contributed by atoms with Crippen LogP contribution in [-0.4, -0.2) is 68.7 Å². The molecule has 0 aliphatic carbocycles. The second kappa shape index (κ2) is 9.82. The summed E-state index contributed by atoms with van der Waals surface area (Å²) < 4.78 is 26.3. The zero-order chi connectivity index (χ0) is 19.9. The average molecular weight is 397 g/mol. The lowest BCUT2D eigenvalue weighted by Crippen LogP contribution is -2.52. The first-order valence-electron chi connectivity index (χ1n) is 9.14. The van der Waals surface area contributed by atoms with Gasteiger partial charge in [0.25, 0.3) is 0 Å². The van der Waals surface area contributed by atoms with Gasteiger partial charge in [-0.25, -0.2) is 8.42 Å². The van der Waals surface area contributed by atoms with E-state index in [1.807, 2.05) is 0 Å². The zero-order valence-corrected chi connectivity index (χ0v) is 16.5. The molecule has 0 aromatic heterocycles. The number of nitrogens with two attached hydrogens (primary N) is 1. The highest BCUT2D eigenvalue weighted by atomic mass is 32.2. The summed E-state index contributed by atoms with van der Waals surface area (Å²) in [5, 5.41) is 2.80. The van der Waals surface area contributed by atoms with Gasteiger partial charge in [-0.3, -0.25) is 9.59 Å². The Morgan fingerprint density at radius 2 is 1.96 bits per heavy atom. The summed E-state index contributed by atoms with van der Waals surface area (Å²) in [6.07, 6.45) is 2.87. The summed E-state index contributed by atoms with van der Waals surface area (Å²) in [5.74, 6) is -0.394. The first kappa shape index (κ1) is 21.3. The molecule has 9 heteroatoms. The summed E-state index contributed by atoms with van der Waals surface area (Å²) in [6.45, 7) is 0.973. The molecule has 1 aromatic rings. The molecule has 1 heterocycles. The van der Waals surface area contributed by atoms with Crippen LogP contribution in [0.4, 0.5) is 0 Å². The molecule has 1 fully saturated rings. The second-order valence-corrected chi connectivity index (χ2v) is 8.70. The van der Waals surface area contributed by atoms with Crippen LogP contribution in [0.3, 0.4) is 0 Å². The van der Waals surface area contributed by atoms with Gasteiger partial charge in [-0.2, -0.15) is 4.31 Å². The van der Waals surface area contributed by atoms with Crippen molar-refractivity contribution in [3.63, 3.8) is 0 Å². The lowest BCUT2D eigenvalue weighted by Gasteiger charge is -2.36. The van der Waals surface area contributed by atoms with Gasteiger partial charge in [0.05, 0.1) is 11.4 Å². The van der Waals surface area contributed by atoms with Crippen molar-refractivity contribution in [3.05, 3.63) is 30.3 Å². The van der Waals surface area contributed by atoms with Crippen LogP contribution in [0.15, 0.2) is 35.2 Å². The number of benzene rings is 1. The predicted octanol–water partition coefficient (Wildman–Crippen LogP) is 0.153. The summed E-state index contributed by atoms with van der Waals surface area (Å²) in [6, 6.07) is 7.92. The maximum Gasteiger partial charge on any atom is 0.243 e. The Kier molecular flexibility index (Phi) is 7.76. The van der Waals surface area contributed by atoms with E-state index in [2.05, 4.69) is 5.32 Å². The molecule has 1 aromatic carbocycles. The van der Waals surface area contributed by atoms with Crippen LogP contribution in [0.25, 0.3) is 0 Å². The van der Waals surface area contributed by atoms with Crippen molar-refractivity contribution in [1.29, 1.82) is 0 Å². The van der Waals surface area contributed by atoms with Gasteiger partial charge in [0.15, 0.2) is 0 Å². The van der Waals surface area contributed by atoms with Gasteiger partial charge in [0, 0.05) is 39.1 Å². The Balaban J connectivity index is 2.00. The third-order valence-electron chi connectivity index (χ3n) is 4.66. The fourth-order valence-electron chi connectivity index (χ4n) is 3.13. The van der Waals surface area contributed by atoms with Crippen molar-refractivity contribution in [2.75, 3.05) is 33.2 Å². The number of rotatable bonds is 8. The lowest BCUT2D eigenvalue weighted by molar-refractivity contribution is -0.135. The molecule has 1 aliphatic rings. The van der Waals surface area contributed by atoms with E-state index in [0.717, 1.165) is 23.6 Å². The number of hydrogen-bond acceptors (Lipinski definition) is 5. The smallest absolute Gasteiger partial charge is 0.243 e. The van der Waals surface area contributed by atoms with Crippen LogP contribution in [-0.2, 0) is 19.6 Å². The number of nitrogens with zero attached hydrogens (tertiary/aromatic N) is 2. The third kappa shape index (κ3) is 5.75. The van der Waals surface area contributed by atoms with Crippen LogP contribution in [0.2, 0.25) is 0 Å². The molecule has 0 saturated carbocycles. The highest BCUT2D eigenvalue weighted by Crippen LogP contribution is 2.18. The number of piperidine rings is 1. The van der Waals surface area contributed by atoms with E-state index < -0.39 is 10.0 Å². The molecular formula is C18H28N4O4S. The van der Waals surface area contributed by atoms with Crippen molar-refractivity contribution >= 4 is 21.8 Å². The number of hydrogen-bond donors (Lipinski definition) is 2. The monoisotopic (exact) mass is 396 g/mol. The minimum atomic E-state index is -3.72. The summed E-state index contributed by atoms with van der Waals surface area (Å²) in [7, 11) is -2.32. The maximum absolute atomic E-state index is 12.8. The lowest BCUT2D eigenvalue weighted by atomic mass is 10.0. The molecular weight excluding hydrogens is 368 g/mol. The molecule has 2 rings (SSSR count). The largest absolute Gasteiger partial charge is 0.354 e. The van der Waals surface area contributed by atoms with E-state index in [4.69, 9.17) is 5.73 Å². The van der Waals surface area contributed by atoms with Gasteiger partial charge >= 0.3 is 0 Å². The van der Waals surface area contributed by atoms with Crippen molar-refractivity contribution in [2.24, 2.45) is 5.73 Å². The normalized spacial score (nSPS) is 17.7. The van der Waals surface area contributed by atoms with Crippen LogP contribution in [0.5, 0.6) is 0 Å². The standard InChI is InChI=1S/C18H28N4O4S/c1-21(27(25,26)16-8-3-2-4-9-16)14-18(24)22-12-6-5-7-15(22)13-20-17(23)10-11-19/h2-4,8-9,15H,5-7,10-14,19H2,1H3,(H,20,23). The first-order valence-corrected chi connectivity index (χ1v) is 10.6. The molecule has 27 heavy (non-hydrogen) atoms. The van der Waals surface area contributed by atoms with E-state index >= 15 is 0 Å². The van der Waals surface area contributed by atoms with Crippen molar-refractivity contribution in [2.45, 2.75) is 36.6 Å². The molecule has 1 atom stereocenters. The van der Waals surface area contributed by atoms with Gasteiger partial charge in [-0.1, -0.05) is 18.2 Å². The molecule has 1 unspecified atom stereocenters. The third-order valence-corrected chi connectivity index (χ3v) is 6.48. The topological polar surface area (TPSA) is 113 Å². The molecule has 150 valence electrons. The highest BCUT2D eigenvalue weighted by Gasteiger charge is 2.30. The van der Waals surface area contributed by atoms with Crippen LogP contribution in [0.1, 0.15) is 25.7 Å². The maximum atomic E-state index is 12.8. The van der Waals surface area contributed by atoms with Crippen molar-refractivity contribution in [3.8, 4) is 0 Å². The Morgan fingerprint density at radius 1 is 1.26 bits per heavy atom. The van der Waals surface area contributed by atoms with Gasteiger partial charge < -0.3 is 16.0 Å². The number of nitrogens with one attached hydrogen (secondary N) is 1. The number of likely N-dealkylation sites (N-methyl/N-ethyl adjacent to an activating group) is 1. The minimum absolute atomic E-state index is 0.124. The molecule has 1 aliphatic heterocycles. The average Bonchev–Trinajstić information content (AvgIpc) is 2.67. The second-order valence-electron chi connectivity index (χ2n) is 6.65. The van der Waals surface area contributed by atoms with E-state index in [-0.39, 0.29) is 42.3 Å². The molecule has 1 saturated heterocycles. The van der Waals surface area contributed by atoms with E-state index in [1.165, 1.54) is 19.2 Å². The molecule has 8 nitrogen and oxygen atoms in total. The summed E-state index contributed by atoms with van der Waals surface area (Å²) in [4.78, 5) is 26.2. The number of carbonyl (C=O) groups is 2. The Morgan fingerprint density at radius 3 is 2.63 bits per heavy atom. The van der Waals surface area contributed by atoms with E-state index in [1.54, 1.807) is 23.1 Å². The van der Waals surface area contributed by atoms with Gasteiger partial charge in [-0.15, -0.1) is 0 Å². The fraction of sp³-hybridized carbons (Fsp3) is 0.556. The number of likely N-dealkylation sites (tertiary alicyclic amines) is 1. The highest BCUT2D eigenvalue weighted by molar-refractivity contribution is 7.89. The number of amides is 2. The molecule has 2 amide bonds. The van der Waals surface area contributed by atoms with Gasteiger partial charge in [0.1, 0.15) is 0 Å². The fourth-order valence-corrected chi connectivity index (χ4v) is 4.27. The predicted molar refractivity (Wildman–Crippen MR) is 102 cm³/mol. The quantitative estimate of drug-likeness (QED) is 0.650. The summed E-state index contributed by atoms with van der Waals surface area (Å²) >= 11 is 0. The molecule has 0 bridgehead atoms. The van der Waals surface area contributed by atoms with Gasteiger partial charge in [0.2, 0.25) is 21.8 Å². The Bertz CT molecular complexity index is 739. The van der Waals surface area contributed by atoms with E-state index in [9.17, 15) is 18.0 Å². The van der Waals surface area contributed by atoms with Crippen molar-refractivity contribution in [1.82, 2.24) is 14.5 Å². The number of carbonyl (C=O) groups excluding carboxylic acids is 2. The zero-order valence-electron chi connectivity index (χ0n) is 15.6. The summed E-state index contributed by atoms with van der Waals surface area (Å²) in [5.41, 5.74) is 5.37. The Labute approximate surface area is 160 Å². The van der Waals surface area contributed by atoms with Crippen LogP contribution in [0, 0.1) is 0 Å². The van der Waals surface area contributed by atoms with E-state index in [0.29, 0.717) is 13.1 Å². The first-order chi connectivity index (χ1) is 12.9.